The van der Waals surface area contributed by atoms with E-state index in [2.05, 4.69) is 34.4 Å². The predicted octanol–water partition coefficient (Wildman–Crippen LogP) is 3.64. The molecule has 0 bridgehead atoms. The second kappa shape index (κ2) is 4.69. The van der Waals surface area contributed by atoms with Crippen LogP contribution in [0.5, 0.6) is 0 Å². The van der Waals surface area contributed by atoms with Crippen molar-refractivity contribution in [2.75, 3.05) is 0 Å². The maximum absolute atomic E-state index is 4.76. The van der Waals surface area contributed by atoms with Gasteiger partial charge in [0.15, 0.2) is 0 Å². The zero-order valence-electron chi connectivity index (χ0n) is 8.78. The molecule has 1 nitrogen and oxygen atoms in total. The monoisotopic (exact) mass is 217 g/mol. The third-order valence-corrected chi connectivity index (χ3v) is 3.28. The Hall–Kier alpha value is -0.980. The fourth-order valence-corrected chi connectivity index (χ4v) is 2.63. The van der Waals surface area contributed by atoms with Crippen LogP contribution < -0.4 is 0 Å². The molecule has 0 N–H and O–H groups in total. The highest BCUT2D eigenvalue weighted by molar-refractivity contribution is 7.78. The third-order valence-electron chi connectivity index (χ3n) is 3.19. The fourth-order valence-electron chi connectivity index (χ4n) is 2.43. The first-order valence-corrected chi connectivity index (χ1v) is 5.88. The number of hydrogen-bond donors (Lipinski definition) is 0. The summed E-state index contributed by atoms with van der Waals surface area (Å²) in [7, 11) is 0. The molecule has 1 saturated carbocycles. The Morgan fingerprint density at radius 2 is 1.87 bits per heavy atom. The van der Waals surface area contributed by atoms with Gasteiger partial charge >= 0.3 is 0 Å². The highest BCUT2D eigenvalue weighted by atomic mass is 32.1. The summed E-state index contributed by atoms with van der Waals surface area (Å²) in [6, 6.07) is 10.5. The second-order valence-corrected chi connectivity index (χ2v) is 4.48. The quantitative estimate of drug-likeness (QED) is 0.556. The molecule has 0 radical (unpaired) electrons. The molecule has 15 heavy (non-hydrogen) atoms. The molecule has 0 spiro atoms. The Morgan fingerprint density at radius 1 is 1.20 bits per heavy atom. The molecular weight excluding hydrogens is 202 g/mol. The van der Waals surface area contributed by atoms with Gasteiger partial charge in [-0.15, -0.1) is 0 Å². The van der Waals surface area contributed by atoms with Gasteiger partial charge in [-0.3, -0.25) is 0 Å². The van der Waals surface area contributed by atoms with Crippen molar-refractivity contribution in [1.29, 1.82) is 0 Å². The van der Waals surface area contributed by atoms with Gasteiger partial charge in [0.2, 0.25) is 0 Å². The summed E-state index contributed by atoms with van der Waals surface area (Å²) in [5, 5.41) is 2.58. The first-order valence-electron chi connectivity index (χ1n) is 5.48. The van der Waals surface area contributed by atoms with Gasteiger partial charge in [0.1, 0.15) is 0 Å². The van der Waals surface area contributed by atoms with Gasteiger partial charge in [0.25, 0.3) is 0 Å². The van der Waals surface area contributed by atoms with Gasteiger partial charge < -0.3 is 0 Å². The molecule has 0 aliphatic heterocycles. The van der Waals surface area contributed by atoms with Crippen LogP contribution in [0.25, 0.3) is 0 Å². The van der Waals surface area contributed by atoms with Crippen LogP contribution >= 0.6 is 12.2 Å². The van der Waals surface area contributed by atoms with Crippen molar-refractivity contribution < 1.29 is 0 Å². The van der Waals surface area contributed by atoms with E-state index in [1.807, 2.05) is 6.07 Å². The van der Waals surface area contributed by atoms with Crippen molar-refractivity contribution in [2.45, 2.75) is 37.6 Å². The van der Waals surface area contributed by atoms with Crippen LogP contribution in [0.3, 0.4) is 0 Å². The van der Waals surface area contributed by atoms with E-state index in [0.717, 1.165) is 19.3 Å². The number of benzene rings is 1. The summed E-state index contributed by atoms with van der Waals surface area (Å²) in [6.07, 6.45) is 5.87. The maximum Gasteiger partial charge on any atom is 0.0751 e. The summed E-state index contributed by atoms with van der Waals surface area (Å²) in [5.74, 6) is 0. The normalized spacial score (nSPS) is 18.4. The zero-order valence-corrected chi connectivity index (χ0v) is 9.59. The summed E-state index contributed by atoms with van der Waals surface area (Å²) in [4.78, 5) is 4.42. The van der Waals surface area contributed by atoms with Gasteiger partial charge in [-0.1, -0.05) is 43.2 Å². The number of aliphatic imine (C=N–C) groups is 1. The van der Waals surface area contributed by atoms with E-state index in [1.165, 1.54) is 18.4 Å². The van der Waals surface area contributed by atoms with E-state index in [-0.39, 0.29) is 5.54 Å². The van der Waals surface area contributed by atoms with Gasteiger partial charge in [-0.05, 0) is 37.0 Å². The molecule has 2 rings (SSSR count). The average Bonchev–Trinajstić information content (AvgIpc) is 2.69. The Bertz CT molecular complexity index is 359. The molecule has 0 amide bonds. The topological polar surface area (TPSA) is 12.4 Å². The number of nitrogens with zero attached hydrogens (tertiary/aromatic N) is 1. The molecule has 0 heterocycles. The summed E-state index contributed by atoms with van der Waals surface area (Å²) in [6.45, 7) is 0. The molecule has 1 aromatic carbocycles. The van der Waals surface area contributed by atoms with E-state index in [9.17, 15) is 0 Å². The van der Waals surface area contributed by atoms with E-state index in [4.69, 9.17) is 12.2 Å². The molecule has 0 unspecified atom stereocenters. The molecular formula is C13H15NS. The minimum atomic E-state index is 0.0586. The number of isothiocyanates is 1. The molecule has 1 aliphatic carbocycles. The Labute approximate surface area is 96.2 Å². The largest absolute Gasteiger partial charge is 0.225 e. The van der Waals surface area contributed by atoms with Crippen LogP contribution in [0.15, 0.2) is 35.3 Å². The first kappa shape index (κ1) is 10.5. The molecule has 0 saturated heterocycles. The first-order chi connectivity index (χ1) is 7.35. The van der Waals surface area contributed by atoms with Crippen molar-refractivity contribution in [3.05, 3.63) is 35.9 Å². The second-order valence-electron chi connectivity index (χ2n) is 4.30. The Morgan fingerprint density at radius 3 is 2.47 bits per heavy atom. The van der Waals surface area contributed by atoms with E-state index in [0.29, 0.717) is 0 Å². The Kier molecular flexibility index (Phi) is 3.30. The molecule has 0 aromatic heterocycles. The van der Waals surface area contributed by atoms with Crippen molar-refractivity contribution in [3.8, 4) is 0 Å². The van der Waals surface area contributed by atoms with Crippen molar-refractivity contribution in [2.24, 2.45) is 4.99 Å². The van der Waals surface area contributed by atoms with Gasteiger partial charge in [-0.2, -0.15) is 0 Å². The lowest BCUT2D eigenvalue weighted by Crippen LogP contribution is -2.24. The van der Waals surface area contributed by atoms with Crippen LogP contribution in [0.4, 0.5) is 0 Å². The standard InChI is InChI=1S/C13H15NS/c15-11-14-13(8-4-5-9-13)10-12-6-2-1-3-7-12/h1-3,6-7H,4-5,8-10H2. The lowest BCUT2D eigenvalue weighted by molar-refractivity contribution is 0.443. The molecule has 0 atom stereocenters. The van der Waals surface area contributed by atoms with Crippen LogP contribution in [0, 0.1) is 0 Å². The van der Waals surface area contributed by atoms with Gasteiger partial charge in [-0.25, -0.2) is 4.99 Å². The fraction of sp³-hybridized carbons (Fsp3) is 0.462. The number of hydrogen-bond acceptors (Lipinski definition) is 2. The van der Waals surface area contributed by atoms with Crippen molar-refractivity contribution in [1.82, 2.24) is 0 Å². The highest BCUT2D eigenvalue weighted by Gasteiger charge is 2.33. The van der Waals surface area contributed by atoms with Crippen LogP contribution in [0.2, 0.25) is 0 Å². The predicted molar refractivity (Wildman–Crippen MR) is 66.4 cm³/mol. The SMILES string of the molecule is S=C=NC1(Cc2ccccc2)CCCC1. The van der Waals surface area contributed by atoms with Gasteiger partial charge in [0, 0.05) is 0 Å². The zero-order chi connectivity index (χ0) is 10.6. The van der Waals surface area contributed by atoms with Crippen LogP contribution in [-0.2, 0) is 6.42 Å². The lowest BCUT2D eigenvalue weighted by Gasteiger charge is -2.22. The minimum Gasteiger partial charge on any atom is -0.225 e. The highest BCUT2D eigenvalue weighted by Crippen LogP contribution is 2.35. The van der Waals surface area contributed by atoms with Crippen molar-refractivity contribution in [3.63, 3.8) is 0 Å². The molecule has 78 valence electrons. The van der Waals surface area contributed by atoms with Crippen LogP contribution in [-0.4, -0.2) is 10.7 Å². The molecule has 1 aliphatic rings. The molecule has 1 aromatic rings. The molecule has 2 heteroatoms. The van der Waals surface area contributed by atoms with Gasteiger partial charge in [0.05, 0.1) is 10.7 Å². The number of thiocarbonyl (C=S) groups is 1. The Balaban J connectivity index is 2.17. The minimum absolute atomic E-state index is 0.0586. The van der Waals surface area contributed by atoms with E-state index in [1.54, 1.807) is 0 Å². The molecule has 1 fully saturated rings. The van der Waals surface area contributed by atoms with Crippen molar-refractivity contribution >= 4 is 17.4 Å². The average molecular weight is 217 g/mol. The van der Waals surface area contributed by atoms with E-state index >= 15 is 0 Å². The summed E-state index contributed by atoms with van der Waals surface area (Å²) < 4.78 is 0. The number of rotatable bonds is 3. The third kappa shape index (κ3) is 2.53. The maximum atomic E-state index is 4.76. The lowest BCUT2D eigenvalue weighted by atomic mass is 9.90. The van der Waals surface area contributed by atoms with E-state index < -0.39 is 0 Å². The summed E-state index contributed by atoms with van der Waals surface area (Å²) in [5.41, 5.74) is 1.41. The van der Waals surface area contributed by atoms with Crippen LogP contribution in [0.1, 0.15) is 31.2 Å². The smallest absolute Gasteiger partial charge is 0.0751 e. The summed E-state index contributed by atoms with van der Waals surface area (Å²) >= 11 is 4.76.